The van der Waals surface area contributed by atoms with Crippen LogP contribution in [0.2, 0.25) is 0 Å². The number of H-pyrrole nitrogens is 1. The Hall–Kier alpha value is -2.15. The van der Waals surface area contributed by atoms with Gasteiger partial charge in [-0.15, -0.1) is 0 Å². The van der Waals surface area contributed by atoms with Crippen molar-refractivity contribution in [2.75, 3.05) is 26.2 Å². The molecule has 0 aliphatic carbocycles. The maximum absolute atomic E-state index is 12.6. The number of piperazine rings is 1. The number of imidazole rings is 1. The minimum atomic E-state index is 0.157. The molecular weight excluding hydrogens is 292 g/mol. The average Bonchev–Trinajstić information content (AvgIpc) is 3.23. The van der Waals surface area contributed by atoms with Crippen molar-refractivity contribution >= 4 is 5.91 Å². The summed E-state index contributed by atoms with van der Waals surface area (Å²) < 4.78 is 1.83. The van der Waals surface area contributed by atoms with Crippen LogP contribution >= 0.6 is 0 Å². The second-order valence-corrected chi connectivity index (χ2v) is 5.90. The number of carbonyl (C=O) groups excluding carboxylic acids is 1. The van der Waals surface area contributed by atoms with E-state index in [4.69, 9.17) is 0 Å². The fraction of sp³-hybridized carbons (Fsp3) is 0.562. The minimum absolute atomic E-state index is 0.157. The van der Waals surface area contributed by atoms with E-state index in [9.17, 15) is 4.79 Å². The molecule has 2 aromatic rings. The minimum Gasteiger partial charge on any atom is -0.347 e. The van der Waals surface area contributed by atoms with E-state index >= 15 is 0 Å². The zero-order valence-corrected chi connectivity index (χ0v) is 13.8. The van der Waals surface area contributed by atoms with Gasteiger partial charge in [0, 0.05) is 57.4 Å². The molecule has 7 heteroatoms. The molecular formula is C16H24N6O. The highest BCUT2D eigenvalue weighted by molar-refractivity contribution is 5.76. The van der Waals surface area contributed by atoms with Gasteiger partial charge in [-0.25, -0.2) is 4.98 Å². The molecule has 0 radical (unpaired) electrons. The Bertz CT molecular complexity index is 635. The number of nitrogens with one attached hydrogen (secondary N) is 1. The molecule has 3 heterocycles. The molecule has 1 saturated heterocycles. The summed E-state index contributed by atoms with van der Waals surface area (Å²) in [4.78, 5) is 24.5. The van der Waals surface area contributed by atoms with Crippen molar-refractivity contribution in [3.05, 3.63) is 36.2 Å². The van der Waals surface area contributed by atoms with Crippen molar-refractivity contribution in [1.82, 2.24) is 29.5 Å². The quantitative estimate of drug-likeness (QED) is 0.893. The molecule has 0 spiro atoms. The molecule has 7 nitrogen and oxygen atoms in total. The Morgan fingerprint density at radius 1 is 1.39 bits per heavy atom. The maximum atomic E-state index is 12.6. The number of rotatable bonds is 5. The zero-order valence-electron chi connectivity index (χ0n) is 13.8. The number of aryl methyl sites for hydroxylation is 2. The van der Waals surface area contributed by atoms with Crippen molar-refractivity contribution < 1.29 is 4.79 Å². The molecule has 1 aliphatic rings. The van der Waals surface area contributed by atoms with Crippen LogP contribution in [-0.4, -0.2) is 61.6 Å². The van der Waals surface area contributed by atoms with Crippen LogP contribution in [-0.2, 0) is 18.3 Å². The first kappa shape index (κ1) is 15.7. The molecule has 0 saturated carbocycles. The molecule has 3 rings (SSSR count). The maximum Gasteiger partial charge on any atom is 0.223 e. The van der Waals surface area contributed by atoms with Gasteiger partial charge in [0.25, 0.3) is 0 Å². The highest BCUT2D eigenvalue weighted by Crippen LogP contribution is 2.23. The lowest BCUT2D eigenvalue weighted by atomic mass is 10.1. The molecule has 1 fully saturated rings. The van der Waals surface area contributed by atoms with E-state index in [1.807, 2.05) is 28.9 Å². The van der Waals surface area contributed by atoms with Crippen LogP contribution in [0.25, 0.3) is 0 Å². The fourth-order valence-corrected chi connectivity index (χ4v) is 3.18. The van der Waals surface area contributed by atoms with Crippen LogP contribution in [0.15, 0.2) is 24.7 Å². The van der Waals surface area contributed by atoms with Crippen molar-refractivity contribution in [1.29, 1.82) is 0 Å². The van der Waals surface area contributed by atoms with E-state index in [1.165, 1.54) is 0 Å². The number of likely N-dealkylation sites (N-methyl/N-ethyl adjacent to an activating group) is 1. The van der Waals surface area contributed by atoms with Gasteiger partial charge in [-0.3, -0.25) is 14.4 Å². The van der Waals surface area contributed by atoms with Crippen molar-refractivity contribution in [2.24, 2.45) is 7.05 Å². The molecule has 1 aliphatic heterocycles. The number of hydrogen-bond donors (Lipinski definition) is 1. The van der Waals surface area contributed by atoms with E-state index in [1.54, 1.807) is 12.4 Å². The molecule has 1 N–H and O–H groups in total. The highest BCUT2D eigenvalue weighted by atomic mass is 16.2. The van der Waals surface area contributed by atoms with Crippen LogP contribution in [0.3, 0.4) is 0 Å². The smallest absolute Gasteiger partial charge is 0.223 e. The summed E-state index contributed by atoms with van der Waals surface area (Å²) in [5, 5.41) is 4.15. The summed E-state index contributed by atoms with van der Waals surface area (Å²) in [6.45, 7) is 5.48. The van der Waals surface area contributed by atoms with Gasteiger partial charge in [0.15, 0.2) is 0 Å². The SMILES string of the molecule is CCN1CCN(C(=O)CCc2ccnn2C)C[C@@H]1c1ncc[nH]1. The summed E-state index contributed by atoms with van der Waals surface area (Å²) in [6, 6.07) is 2.12. The standard InChI is InChI=1S/C16H24N6O/c1-3-21-10-11-22(12-14(21)16-17-8-9-18-16)15(23)5-4-13-6-7-19-20(13)2/h6-9,14H,3-5,10-12H2,1-2H3,(H,17,18)/t14-/m1/s1. The van der Waals surface area contributed by atoms with Crippen LogP contribution in [0, 0.1) is 0 Å². The van der Waals surface area contributed by atoms with Crippen LogP contribution in [0.4, 0.5) is 0 Å². The first-order valence-corrected chi connectivity index (χ1v) is 8.17. The fourth-order valence-electron chi connectivity index (χ4n) is 3.18. The van der Waals surface area contributed by atoms with Gasteiger partial charge in [0.05, 0.1) is 6.04 Å². The monoisotopic (exact) mass is 316 g/mol. The Balaban J connectivity index is 1.61. The van der Waals surface area contributed by atoms with E-state index in [-0.39, 0.29) is 11.9 Å². The van der Waals surface area contributed by atoms with Crippen LogP contribution in [0.1, 0.15) is 30.9 Å². The Morgan fingerprint density at radius 2 is 2.26 bits per heavy atom. The third-order valence-corrected chi connectivity index (χ3v) is 4.60. The van der Waals surface area contributed by atoms with Crippen LogP contribution < -0.4 is 0 Å². The van der Waals surface area contributed by atoms with E-state index < -0.39 is 0 Å². The summed E-state index contributed by atoms with van der Waals surface area (Å²) in [7, 11) is 1.91. The summed E-state index contributed by atoms with van der Waals surface area (Å²) in [6.07, 6.45) is 6.64. The number of aromatic nitrogens is 4. The number of amides is 1. The second-order valence-electron chi connectivity index (χ2n) is 5.90. The molecule has 0 unspecified atom stereocenters. The van der Waals surface area contributed by atoms with Gasteiger partial charge in [0.1, 0.15) is 5.82 Å². The lowest BCUT2D eigenvalue weighted by Crippen LogP contribution is -2.50. The molecule has 1 atom stereocenters. The molecule has 2 aromatic heterocycles. The molecule has 0 bridgehead atoms. The summed E-state index contributed by atoms with van der Waals surface area (Å²) in [5.74, 6) is 1.15. The highest BCUT2D eigenvalue weighted by Gasteiger charge is 2.30. The van der Waals surface area contributed by atoms with Gasteiger partial charge in [0.2, 0.25) is 5.91 Å². The van der Waals surface area contributed by atoms with E-state index in [0.29, 0.717) is 13.0 Å². The topological polar surface area (TPSA) is 70.0 Å². The lowest BCUT2D eigenvalue weighted by Gasteiger charge is -2.40. The Kier molecular flexibility index (Phi) is 4.76. The largest absolute Gasteiger partial charge is 0.347 e. The van der Waals surface area contributed by atoms with Gasteiger partial charge >= 0.3 is 0 Å². The zero-order chi connectivity index (χ0) is 16.2. The Labute approximate surface area is 136 Å². The first-order valence-electron chi connectivity index (χ1n) is 8.17. The average molecular weight is 316 g/mol. The van der Waals surface area contributed by atoms with E-state index in [0.717, 1.165) is 37.6 Å². The third-order valence-electron chi connectivity index (χ3n) is 4.60. The normalized spacial score (nSPS) is 19.2. The number of aromatic amines is 1. The Morgan fingerprint density at radius 3 is 2.91 bits per heavy atom. The van der Waals surface area contributed by atoms with Gasteiger partial charge < -0.3 is 9.88 Å². The molecule has 23 heavy (non-hydrogen) atoms. The summed E-state index contributed by atoms with van der Waals surface area (Å²) in [5.41, 5.74) is 1.09. The first-order chi connectivity index (χ1) is 11.2. The number of nitrogens with zero attached hydrogens (tertiary/aromatic N) is 5. The van der Waals surface area contributed by atoms with Gasteiger partial charge in [-0.05, 0) is 19.0 Å². The third kappa shape index (κ3) is 3.44. The number of carbonyl (C=O) groups is 1. The molecule has 1 amide bonds. The second kappa shape index (κ2) is 6.95. The van der Waals surface area contributed by atoms with Gasteiger partial charge in [-0.2, -0.15) is 5.10 Å². The molecule has 124 valence electrons. The predicted molar refractivity (Wildman–Crippen MR) is 86.7 cm³/mol. The number of hydrogen-bond acceptors (Lipinski definition) is 4. The van der Waals surface area contributed by atoms with Crippen molar-refractivity contribution in [3.63, 3.8) is 0 Å². The predicted octanol–water partition coefficient (Wildman–Crippen LogP) is 0.981. The molecule has 0 aromatic carbocycles. The van der Waals surface area contributed by atoms with Crippen molar-refractivity contribution in [2.45, 2.75) is 25.8 Å². The van der Waals surface area contributed by atoms with Crippen molar-refractivity contribution in [3.8, 4) is 0 Å². The van der Waals surface area contributed by atoms with Crippen LogP contribution in [0.5, 0.6) is 0 Å². The summed E-state index contributed by atoms with van der Waals surface area (Å²) >= 11 is 0. The van der Waals surface area contributed by atoms with Gasteiger partial charge in [-0.1, -0.05) is 6.92 Å². The van der Waals surface area contributed by atoms with E-state index in [2.05, 4.69) is 26.9 Å². The lowest BCUT2D eigenvalue weighted by molar-refractivity contribution is -0.134.